The van der Waals surface area contributed by atoms with Gasteiger partial charge >= 0.3 is 0 Å². The Kier molecular flexibility index (Phi) is 3.03. The molecule has 1 saturated heterocycles. The average Bonchev–Trinajstić information content (AvgIpc) is 2.17. The minimum Gasteiger partial charge on any atom is -0.358 e. The Morgan fingerprint density at radius 1 is 1.27 bits per heavy atom. The zero-order valence-electron chi connectivity index (χ0n) is 10.2. The monoisotopic (exact) mass is 208 g/mol. The van der Waals surface area contributed by atoms with Crippen molar-refractivity contribution in [3.63, 3.8) is 0 Å². The van der Waals surface area contributed by atoms with Crippen molar-refractivity contribution in [1.29, 1.82) is 5.41 Å². The molecule has 0 bridgehead atoms. The van der Waals surface area contributed by atoms with Gasteiger partial charge in [0.05, 0.1) is 5.84 Å². The molecule has 1 N–H and O–H groups in total. The van der Waals surface area contributed by atoms with Crippen LogP contribution >= 0.6 is 0 Å². The molecular formula is C13H24N2. The first-order chi connectivity index (χ1) is 7.08. The minimum atomic E-state index is 0.501. The average molecular weight is 208 g/mol. The Morgan fingerprint density at radius 3 is 2.73 bits per heavy atom. The molecule has 1 saturated carbocycles. The maximum absolute atomic E-state index is 8.04. The van der Waals surface area contributed by atoms with Crippen molar-refractivity contribution < 1.29 is 0 Å². The Hall–Kier alpha value is -0.530. The number of hydrogen-bond donors (Lipinski definition) is 1. The van der Waals surface area contributed by atoms with Crippen molar-refractivity contribution in [2.75, 3.05) is 6.54 Å². The molecule has 1 aliphatic carbocycles. The van der Waals surface area contributed by atoms with Crippen LogP contribution in [0.4, 0.5) is 0 Å². The van der Waals surface area contributed by atoms with Crippen LogP contribution in [0.1, 0.15) is 58.8 Å². The van der Waals surface area contributed by atoms with Crippen LogP contribution in [0.3, 0.4) is 0 Å². The molecule has 15 heavy (non-hydrogen) atoms. The largest absolute Gasteiger partial charge is 0.358 e. The maximum Gasteiger partial charge on any atom is 0.0960 e. The Labute approximate surface area is 93.6 Å². The molecule has 2 fully saturated rings. The van der Waals surface area contributed by atoms with Gasteiger partial charge in [-0.15, -0.1) is 0 Å². The van der Waals surface area contributed by atoms with Crippen molar-refractivity contribution >= 4 is 5.84 Å². The van der Waals surface area contributed by atoms with Gasteiger partial charge in [-0.25, -0.2) is 0 Å². The fraction of sp³-hybridized carbons (Fsp3) is 0.923. The number of nitrogens with one attached hydrogen (secondary N) is 1. The van der Waals surface area contributed by atoms with Crippen LogP contribution in [0.15, 0.2) is 0 Å². The molecular weight excluding hydrogens is 184 g/mol. The SMILES string of the molecule is CC1(C)CCCC(N2CCCCC2=N)C1. The standard InChI is InChI=1S/C13H24N2/c1-13(2)8-5-6-11(10-13)15-9-4-3-7-12(15)14/h11,14H,3-10H2,1-2H3. The van der Waals surface area contributed by atoms with E-state index in [-0.39, 0.29) is 0 Å². The Balaban J connectivity index is 2.00. The van der Waals surface area contributed by atoms with Crippen LogP contribution in [-0.4, -0.2) is 23.3 Å². The number of likely N-dealkylation sites (tertiary alicyclic amines) is 1. The molecule has 0 aromatic rings. The summed E-state index contributed by atoms with van der Waals surface area (Å²) in [4.78, 5) is 2.39. The van der Waals surface area contributed by atoms with Crippen LogP contribution in [0.5, 0.6) is 0 Å². The van der Waals surface area contributed by atoms with Gasteiger partial charge in [0, 0.05) is 19.0 Å². The van der Waals surface area contributed by atoms with E-state index >= 15 is 0 Å². The van der Waals surface area contributed by atoms with Gasteiger partial charge in [0.15, 0.2) is 0 Å². The lowest BCUT2D eigenvalue weighted by Crippen LogP contribution is -2.46. The van der Waals surface area contributed by atoms with E-state index < -0.39 is 0 Å². The minimum absolute atomic E-state index is 0.501. The lowest BCUT2D eigenvalue weighted by Gasteiger charge is -2.44. The molecule has 2 heteroatoms. The normalized spacial score (nSPS) is 31.7. The Bertz CT molecular complexity index is 245. The second kappa shape index (κ2) is 4.15. The lowest BCUT2D eigenvalue weighted by atomic mass is 9.74. The molecule has 86 valence electrons. The Morgan fingerprint density at radius 2 is 2.07 bits per heavy atom. The van der Waals surface area contributed by atoms with Crippen molar-refractivity contribution in [2.45, 2.75) is 64.8 Å². The molecule has 0 aromatic heterocycles. The van der Waals surface area contributed by atoms with Gasteiger partial charge in [-0.05, 0) is 37.5 Å². The molecule has 0 aromatic carbocycles. The molecule has 2 aliphatic rings. The molecule has 1 unspecified atom stereocenters. The van der Waals surface area contributed by atoms with E-state index in [4.69, 9.17) is 5.41 Å². The topological polar surface area (TPSA) is 27.1 Å². The summed E-state index contributed by atoms with van der Waals surface area (Å²) in [6, 6.07) is 0.668. The van der Waals surface area contributed by atoms with Crippen LogP contribution in [-0.2, 0) is 0 Å². The number of amidine groups is 1. The maximum atomic E-state index is 8.04. The summed E-state index contributed by atoms with van der Waals surface area (Å²) in [6.45, 7) is 5.90. The molecule has 0 amide bonds. The highest BCUT2D eigenvalue weighted by Gasteiger charge is 2.32. The van der Waals surface area contributed by atoms with Crippen LogP contribution in [0, 0.1) is 10.8 Å². The summed E-state index contributed by atoms with van der Waals surface area (Å²) in [7, 11) is 0. The van der Waals surface area contributed by atoms with Crippen molar-refractivity contribution in [1.82, 2.24) is 4.90 Å². The highest BCUT2D eigenvalue weighted by atomic mass is 15.2. The van der Waals surface area contributed by atoms with Gasteiger partial charge in [0.2, 0.25) is 0 Å². The molecule has 2 nitrogen and oxygen atoms in total. The first kappa shape index (κ1) is 11.0. The van der Waals surface area contributed by atoms with Crippen LogP contribution < -0.4 is 0 Å². The first-order valence-corrected chi connectivity index (χ1v) is 6.43. The molecule has 1 atom stereocenters. The molecule has 1 aliphatic heterocycles. The molecule has 1 heterocycles. The zero-order chi connectivity index (χ0) is 10.9. The van der Waals surface area contributed by atoms with E-state index in [1.807, 2.05) is 0 Å². The quantitative estimate of drug-likeness (QED) is 0.702. The first-order valence-electron chi connectivity index (χ1n) is 6.43. The fourth-order valence-corrected chi connectivity index (χ4v) is 3.18. The van der Waals surface area contributed by atoms with E-state index in [0.717, 1.165) is 18.8 Å². The van der Waals surface area contributed by atoms with E-state index in [9.17, 15) is 0 Å². The highest BCUT2D eigenvalue weighted by Crippen LogP contribution is 2.38. The zero-order valence-corrected chi connectivity index (χ0v) is 10.2. The predicted molar refractivity (Wildman–Crippen MR) is 64.3 cm³/mol. The second-order valence-electron chi connectivity index (χ2n) is 6.01. The number of hydrogen-bond acceptors (Lipinski definition) is 1. The number of rotatable bonds is 1. The van der Waals surface area contributed by atoms with Crippen molar-refractivity contribution in [3.05, 3.63) is 0 Å². The van der Waals surface area contributed by atoms with Crippen molar-refractivity contribution in [3.8, 4) is 0 Å². The van der Waals surface area contributed by atoms with Gasteiger partial charge in [0.1, 0.15) is 0 Å². The third-order valence-electron chi connectivity index (χ3n) is 4.03. The van der Waals surface area contributed by atoms with Gasteiger partial charge in [-0.3, -0.25) is 5.41 Å². The van der Waals surface area contributed by atoms with Crippen LogP contribution in [0.25, 0.3) is 0 Å². The van der Waals surface area contributed by atoms with Gasteiger partial charge in [0.25, 0.3) is 0 Å². The summed E-state index contributed by atoms with van der Waals surface area (Å²) >= 11 is 0. The lowest BCUT2D eigenvalue weighted by molar-refractivity contribution is 0.134. The summed E-state index contributed by atoms with van der Waals surface area (Å²) in [5, 5.41) is 8.04. The van der Waals surface area contributed by atoms with E-state index in [1.54, 1.807) is 0 Å². The van der Waals surface area contributed by atoms with Gasteiger partial charge in [-0.1, -0.05) is 20.3 Å². The van der Waals surface area contributed by atoms with Crippen LogP contribution in [0.2, 0.25) is 0 Å². The molecule has 0 spiro atoms. The summed E-state index contributed by atoms with van der Waals surface area (Å²) in [5.41, 5.74) is 0.501. The summed E-state index contributed by atoms with van der Waals surface area (Å²) in [6.07, 6.45) is 8.84. The van der Waals surface area contributed by atoms with Gasteiger partial charge in [-0.2, -0.15) is 0 Å². The smallest absolute Gasteiger partial charge is 0.0960 e. The van der Waals surface area contributed by atoms with E-state index in [1.165, 1.54) is 38.5 Å². The van der Waals surface area contributed by atoms with Gasteiger partial charge < -0.3 is 4.90 Å². The van der Waals surface area contributed by atoms with Crippen molar-refractivity contribution in [2.24, 2.45) is 5.41 Å². The fourth-order valence-electron chi connectivity index (χ4n) is 3.18. The third kappa shape index (κ3) is 2.53. The summed E-state index contributed by atoms with van der Waals surface area (Å²) < 4.78 is 0. The second-order valence-corrected chi connectivity index (χ2v) is 6.01. The summed E-state index contributed by atoms with van der Waals surface area (Å²) in [5.74, 6) is 0.906. The van der Waals surface area contributed by atoms with E-state index in [2.05, 4.69) is 18.7 Å². The molecule has 2 rings (SSSR count). The van der Waals surface area contributed by atoms with E-state index in [0.29, 0.717) is 11.5 Å². The number of piperidine rings is 1. The number of nitrogens with zero attached hydrogens (tertiary/aromatic N) is 1. The molecule has 0 radical (unpaired) electrons. The third-order valence-corrected chi connectivity index (χ3v) is 4.03. The predicted octanol–water partition coefficient (Wildman–Crippen LogP) is 3.42. The highest BCUT2D eigenvalue weighted by molar-refractivity contribution is 5.80.